The Kier molecular flexibility index (Phi) is 6.11. The molecule has 0 aliphatic rings. The number of rotatable bonds is 5. The number of carbonyl (C=O) groups is 3. The number of amides is 1. The Morgan fingerprint density at radius 1 is 0.808 bits per heavy atom. The molecule has 1 amide bonds. The molecule has 0 aromatic heterocycles. The second-order valence-electron chi connectivity index (χ2n) is 6.01. The standard InChI is InChI=1S/C20H21NO5/c1-12(2)13-5-7-14(8-6-13)18(22)21-17-10-15(19(23)25-3)9-16(11-17)20(24)26-4/h5-12H,1-4H3,(H,21,22). The summed E-state index contributed by atoms with van der Waals surface area (Å²) in [6, 6.07) is 11.5. The zero-order chi connectivity index (χ0) is 19.3. The van der Waals surface area contributed by atoms with Crippen LogP contribution in [0.1, 0.15) is 56.4 Å². The van der Waals surface area contributed by atoms with E-state index in [0.29, 0.717) is 17.2 Å². The topological polar surface area (TPSA) is 81.7 Å². The fourth-order valence-electron chi connectivity index (χ4n) is 2.39. The molecule has 0 bridgehead atoms. The molecule has 0 saturated heterocycles. The molecule has 0 heterocycles. The van der Waals surface area contributed by atoms with Crippen LogP contribution in [0.3, 0.4) is 0 Å². The highest BCUT2D eigenvalue weighted by Crippen LogP contribution is 2.19. The first-order valence-corrected chi connectivity index (χ1v) is 8.08. The van der Waals surface area contributed by atoms with Crippen molar-refractivity contribution in [3.05, 3.63) is 64.7 Å². The number of methoxy groups -OCH3 is 2. The minimum Gasteiger partial charge on any atom is -0.465 e. The van der Waals surface area contributed by atoms with Crippen molar-refractivity contribution in [2.75, 3.05) is 19.5 Å². The fourth-order valence-corrected chi connectivity index (χ4v) is 2.39. The monoisotopic (exact) mass is 355 g/mol. The molecule has 2 aromatic carbocycles. The van der Waals surface area contributed by atoms with Gasteiger partial charge in [0.05, 0.1) is 25.3 Å². The highest BCUT2D eigenvalue weighted by atomic mass is 16.5. The molecule has 1 N–H and O–H groups in total. The molecule has 0 aliphatic heterocycles. The summed E-state index contributed by atoms with van der Waals surface area (Å²) in [5, 5.41) is 2.69. The van der Waals surface area contributed by atoms with Crippen LogP contribution in [-0.4, -0.2) is 32.1 Å². The number of nitrogens with one attached hydrogen (secondary N) is 1. The minimum absolute atomic E-state index is 0.140. The van der Waals surface area contributed by atoms with Crippen molar-refractivity contribution in [3.8, 4) is 0 Å². The highest BCUT2D eigenvalue weighted by Gasteiger charge is 2.15. The van der Waals surface area contributed by atoms with Gasteiger partial charge in [0.15, 0.2) is 0 Å². The van der Waals surface area contributed by atoms with E-state index in [4.69, 9.17) is 0 Å². The van der Waals surface area contributed by atoms with Gasteiger partial charge in [-0.15, -0.1) is 0 Å². The van der Waals surface area contributed by atoms with E-state index in [1.54, 1.807) is 12.1 Å². The summed E-state index contributed by atoms with van der Waals surface area (Å²) in [5.74, 6) is -1.22. The Morgan fingerprint density at radius 2 is 1.31 bits per heavy atom. The number of ether oxygens (including phenoxy) is 2. The van der Waals surface area contributed by atoms with E-state index in [2.05, 4.69) is 28.6 Å². The van der Waals surface area contributed by atoms with E-state index in [0.717, 1.165) is 5.56 Å². The van der Waals surface area contributed by atoms with Crippen LogP contribution in [0, 0.1) is 0 Å². The summed E-state index contributed by atoms with van der Waals surface area (Å²) in [7, 11) is 2.48. The first-order chi connectivity index (χ1) is 12.3. The van der Waals surface area contributed by atoms with Gasteiger partial charge in [-0.2, -0.15) is 0 Å². The van der Waals surface area contributed by atoms with Gasteiger partial charge in [0.2, 0.25) is 0 Å². The quantitative estimate of drug-likeness (QED) is 0.828. The number of benzene rings is 2. The lowest BCUT2D eigenvalue weighted by atomic mass is 10.0. The summed E-state index contributed by atoms with van der Waals surface area (Å²) in [4.78, 5) is 36.1. The van der Waals surface area contributed by atoms with E-state index in [9.17, 15) is 14.4 Å². The Balaban J connectivity index is 2.30. The van der Waals surface area contributed by atoms with Crippen LogP contribution in [0.15, 0.2) is 42.5 Å². The number of carbonyl (C=O) groups excluding carboxylic acids is 3. The third-order valence-electron chi connectivity index (χ3n) is 3.87. The lowest BCUT2D eigenvalue weighted by Gasteiger charge is -2.10. The summed E-state index contributed by atoms with van der Waals surface area (Å²) >= 11 is 0. The third-order valence-corrected chi connectivity index (χ3v) is 3.87. The lowest BCUT2D eigenvalue weighted by molar-refractivity contribution is 0.0599. The SMILES string of the molecule is COC(=O)c1cc(NC(=O)c2ccc(C(C)C)cc2)cc(C(=O)OC)c1. The lowest BCUT2D eigenvalue weighted by Crippen LogP contribution is -2.14. The minimum atomic E-state index is -0.618. The molecule has 0 radical (unpaired) electrons. The van der Waals surface area contributed by atoms with Gasteiger partial charge in [-0.1, -0.05) is 26.0 Å². The van der Waals surface area contributed by atoms with E-state index in [1.165, 1.54) is 32.4 Å². The first-order valence-electron chi connectivity index (χ1n) is 8.08. The summed E-state index contributed by atoms with van der Waals surface area (Å²) < 4.78 is 9.36. The maximum absolute atomic E-state index is 12.5. The largest absolute Gasteiger partial charge is 0.465 e. The molecule has 0 fully saturated rings. The van der Waals surface area contributed by atoms with E-state index in [1.807, 2.05) is 12.1 Å². The predicted molar refractivity (Wildman–Crippen MR) is 97.6 cm³/mol. The van der Waals surface area contributed by atoms with Crippen LogP contribution in [0.4, 0.5) is 5.69 Å². The van der Waals surface area contributed by atoms with Gasteiger partial charge in [-0.3, -0.25) is 4.79 Å². The van der Waals surface area contributed by atoms with Crippen molar-refractivity contribution in [2.24, 2.45) is 0 Å². The second kappa shape index (κ2) is 8.29. The van der Waals surface area contributed by atoms with Crippen molar-refractivity contribution >= 4 is 23.5 Å². The summed E-state index contributed by atoms with van der Waals surface area (Å²) in [5.41, 5.74) is 2.17. The Bertz CT molecular complexity index is 790. The molecule has 6 heteroatoms. The number of esters is 2. The molecule has 26 heavy (non-hydrogen) atoms. The van der Waals surface area contributed by atoms with Gasteiger partial charge in [0.1, 0.15) is 0 Å². The van der Waals surface area contributed by atoms with Crippen molar-refractivity contribution in [3.63, 3.8) is 0 Å². The van der Waals surface area contributed by atoms with Gasteiger partial charge in [0.25, 0.3) is 5.91 Å². The molecule has 0 aliphatic carbocycles. The average Bonchev–Trinajstić information content (AvgIpc) is 2.66. The maximum atomic E-state index is 12.5. The fraction of sp³-hybridized carbons (Fsp3) is 0.250. The molecule has 0 unspecified atom stereocenters. The Hall–Kier alpha value is -3.15. The first kappa shape index (κ1) is 19.2. The van der Waals surface area contributed by atoms with Crippen LogP contribution in [0.5, 0.6) is 0 Å². The zero-order valence-electron chi connectivity index (χ0n) is 15.2. The second-order valence-corrected chi connectivity index (χ2v) is 6.01. The van der Waals surface area contributed by atoms with Gasteiger partial charge in [-0.05, 0) is 41.8 Å². The van der Waals surface area contributed by atoms with Crippen molar-refractivity contribution < 1.29 is 23.9 Å². The third kappa shape index (κ3) is 4.47. The summed E-state index contributed by atoms with van der Waals surface area (Å²) in [6.07, 6.45) is 0. The Morgan fingerprint density at radius 3 is 1.73 bits per heavy atom. The molecule has 2 rings (SSSR count). The normalized spacial score (nSPS) is 10.3. The van der Waals surface area contributed by atoms with Crippen molar-refractivity contribution in [1.82, 2.24) is 0 Å². The van der Waals surface area contributed by atoms with E-state index < -0.39 is 11.9 Å². The predicted octanol–water partition coefficient (Wildman–Crippen LogP) is 3.64. The zero-order valence-corrected chi connectivity index (χ0v) is 15.2. The maximum Gasteiger partial charge on any atom is 0.337 e. The van der Waals surface area contributed by atoms with Crippen LogP contribution >= 0.6 is 0 Å². The van der Waals surface area contributed by atoms with Gasteiger partial charge < -0.3 is 14.8 Å². The average molecular weight is 355 g/mol. The van der Waals surface area contributed by atoms with Crippen LogP contribution < -0.4 is 5.32 Å². The molecule has 0 saturated carbocycles. The molecule has 0 spiro atoms. The summed E-state index contributed by atoms with van der Waals surface area (Å²) in [6.45, 7) is 4.14. The van der Waals surface area contributed by atoms with Gasteiger partial charge in [-0.25, -0.2) is 9.59 Å². The molecule has 2 aromatic rings. The Labute approximate surface area is 152 Å². The van der Waals surface area contributed by atoms with Crippen LogP contribution in [-0.2, 0) is 9.47 Å². The van der Waals surface area contributed by atoms with Crippen molar-refractivity contribution in [1.29, 1.82) is 0 Å². The van der Waals surface area contributed by atoms with Crippen LogP contribution in [0.25, 0.3) is 0 Å². The number of hydrogen-bond donors (Lipinski definition) is 1. The van der Waals surface area contributed by atoms with Crippen molar-refractivity contribution in [2.45, 2.75) is 19.8 Å². The van der Waals surface area contributed by atoms with E-state index in [-0.39, 0.29) is 17.0 Å². The highest BCUT2D eigenvalue weighted by molar-refractivity contribution is 6.06. The van der Waals surface area contributed by atoms with Gasteiger partial charge >= 0.3 is 11.9 Å². The number of anilines is 1. The molecule has 136 valence electrons. The molecule has 0 atom stereocenters. The molecule has 6 nitrogen and oxygen atoms in total. The van der Waals surface area contributed by atoms with E-state index >= 15 is 0 Å². The van der Waals surface area contributed by atoms with Crippen LogP contribution in [0.2, 0.25) is 0 Å². The molecular weight excluding hydrogens is 334 g/mol. The molecular formula is C20H21NO5. The van der Waals surface area contributed by atoms with Gasteiger partial charge in [0, 0.05) is 11.3 Å². The smallest absolute Gasteiger partial charge is 0.337 e. The number of hydrogen-bond acceptors (Lipinski definition) is 5.